The molecule has 0 unspecified atom stereocenters. The fraction of sp³-hybridized carbons (Fsp3) is 0.200. The minimum absolute atomic E-state index is 0.00704. The Balaban J connectivity index is 0.000000220. The van der Waals surface area contributed by atoms with Crippen molar-refractivity contribution in [3.05, 3.63) is 60.0 Å². The topological polar surface area (TPSA) is 186 Å². The quantitative estimate of drug-likeness (QED) is 0.321. The number of carbonyl (C=O) groups is 2. The van der Waals surface area contributed by atoms with Crippen molar-refractivity contribution < 1.29 is 50.5 Å². The van der Waals surface area contributed by atoms with Crippen LogP contribution in [0.25, 0.3) is 11.4 Å². The highest BCUT2D eigenvalue weighted by Gasteiger charge is 2.35. The van der Waals surface area contributed by atoms with Gasteiger partial charge in [0.25, 0.3) is 5.91 Å². The molecule has 0 saturated heterocycles. The number of ether oxygens (including phenoxy) is 2. The fourth-order valence-corrected chi connectivity index (χ4v) is 2.77. The molecule has 0 saturated carbocycles. The average Bonchev–Trinajstić information content (AvgIpc) is 3.53. The van der Waals surface area contributed by atoms with Crippen LogP contribution in [0.3, 0.4) is 0 Å². The molecule has 0 aliphatic carbocycles. The maximum Gasteiger partial charge on any atom is 0.451 e. The molecule has 4 aromatic heterocycles. The van der Waals surface area contributed by atoms with Crippen LogP contribution in [0.1, 0.15) is 32.4 Å². The lowest BCUT2D eigenvalue weighted by atomic mass is 10.3. The molecular weight excluding hydrogens is 560 g/mol. The summed E-state index contributed by atoms with van der Waals surface area (Å²) in [7, 11) is 2.50. The van der Waals surface area contributed by atoms with Crippen LogP contribution in [0.2, 0.25) is 0 Å². The molecule has 4 rings (SSSR count). The first kappa shape index (κ1) is 29.3. The molecule has 0 aliphatic rings. The summed E-state index contributed by atoms with van der Waals surface area (Å²) in [4.78, 5) is 34.7. The van der Waals surface area contributed by atoms with E-state index in [-0.39, 0.29) is 34.3 Å². The van der Waals surface area contributed by atoms with Crippen molar-refractivity contribution >= 4 is 11.9 Å². The van der Waals surface area contributed by atoms with E-state index in [9.17, 15) is 35.9 Å². The van der Waals surface area contributed by atoms with Crippen LogP contribution < -0.4 is 15.2 Å². The number of nitrogens with zero attached hydrogens (tertiary/aromatic N) is 8. The van der Waals surface area contributed by atoms with Gasteiger partial charge in [-0.2, -0.15) is 26.3 Å². The SMILES string of the molecule is COc1nn(-c2cnc(C(F)(F)F)nc2)cc1C(=O)O.COc1nn(-c2cnc(C(F)(F)F)nc2)cc1C(N)=O. The van der Waals surface area contributed by atoms with E-state index in [1.54, 1.807) is 0 Å². The van der Waals surface area contributed by atoms with Gasteiger partial charge in [-0.1, -0.05) is 0 Å². The standard InChI is InChI=1S/C10H8F3N5O2.C10H7F3N4O3/c1-20-8-6(7(14)19)4-18(17-8)5-2-15-9(16-3-5)10(11,12)13;1-20-7-6(8(18)19)4-17(16-7)5-2-14-9(15-3-5)10(11,12)13/h2-4H,1H3,(H2,14,19);2-4H,1H3,(H,18,19). The number of halogens is 6. The smallest absolute Gasteiger partial charge is 0.451 e. The first-order valence-electron chi connectivity index (χ1n) is 10.2. The largest absolute Gasteiger partial charge is 0.479 e. The second-order valence-electron chi connectivity index (χ2n) is 7.19. The number of alkyl halides is 6. The minimum Gasteiger partial charge on any atom is -0.479 e. The molecule has 0 radical (unpaired) electrons. The van der Waals surface area contributed by atoms with E-state index in [0.29, 0.717) is 0 Å². The maximum absolute atomic E-state index is 12.3. The van der Waals surface area contributed by atoms with Crippen molar-refractivity contribution in [3.63, 3.8) is 0 Å². The lowest BCUT2D eigenvalue weighted by molar-refractivity contribution is -0.145. The number of primary amides is 1. The van der Waals surface area contributed by atoms with Gasteiger partial charge in [-0.05, 0) is 0 Å². The van der Waals surface area contributed by atoms with E-state index >= 15 is 0 Å². The molecule has 40 heavy (non-hydrogen) atoms. The van der Waals surface area contributed by atoms with E-state index in [1.165, 1.54) is 20.4 Å². The first-order chi connectivity index (χ1) is 18.6. The monoisotopic (exact) mass is 575 g/mol. The number of rotatable bonds is 6. The minimum atomic E-state index is -4.65. The van der Waals surface area contributed by atoms with Crippen LogP contribution in [0, 0.1) is 0 Å². The fourth-order valence-electron chi connectivity index (χ4n) is 2.77. The van der Waals surface area contributed by atoms with Crippen LogP contribution >= 0.6 is 0 Å². The van der Waals surface area contributed by atoms with E-state index in [4.69, 9.17) is 20.3 Å². The van der Waals surface area contributed by atoms with Gasteiger partial charge in [0.2, 0.25) is 23.4 Å². The van der Waals surface area contributed by atoms with Crippen LogP contribution in [0.15, 0.2) is 37.2 Å². The molecule has 0 aromatic carbocycles. The molecule has 4 heterocycles. The maximum atomic E-state index is 12.3. The predicted octanol–water partition coefficient (Wildman–Crippen LogP) is 2.18. The highest BCUT2D eigenvalue weighted by molar-refractivity contribution is 5.95. The third-order valence-electron chi connectivity index (χ3n) is 4.56. The van der Waals surface area contributed by atoms with Crippen molar-refractivity contribution in [2.24, 2.45) is 5.73 Å². The zero-order valence-corrected chi connectivity index (χ0v) is 20.0. The van der Waals surface area contributed by atoms with Gasteiger partial charge in [0.05, 0.1) is 39.0 Å². The Bertz CT molecular complexity index is 1390. The Labute approximate surface area is 218 Å². The van der Waals surface area contributed by atoms with Gasteiger partial charge in [-0.15, -0.1) is 10.2 Å². The van der Waals surface area contributed by atoms with Gasteiger partial charge < -0.3 is 20.3 Å². The van der Waals surface area contributed by atoms with Gasteiger partial charge in [-0.3, -0.25) is 4.79 Å². The Morgan fingerprint density at radius 1 is 0.750 bits per heavy atom. The molecule has 212 valence electrons. The Morgan fingerprint density at radius 2 is 1.10 bits per heavy atom. The highest BCUT2D eigenvalue weighted by Crippen LogP contribution is 2.27. The lowest BCUT2D eigenvalue weighted by Gasteiger charge is -2.05. The summed E-state index contributed by atoms with van der Waals surface area (Å²) in [6.45, 7) is 0. The highest BCUT2D eigenvalue weighted by atomic mass is 19.4. The van der Waals surface area contributed by atoms with E-state index in [0.717, 1.165) is 40.3 Å². The van der Waals surface area contributed by atoms with Gasteiger partial charge in [0, 0.05) is 12.4 Å². The summed E-state index contributed by atoms with van der Waals surface area (Å²) in [5.41, 5.74) is 5.08. The van der Waals surface area contributed by atoms with Crippen molar-refractivity contribution in [3.8, 4) is 23.1 Å². The second-order valence-corrected chi connectivity index (χ2v) is 7.19. The molecule has 0 atom stereocenters. The van der Waals surface area contributed by atoms with Crippen LogP contribution in [-0.4, -0.2) is 70.7 Å². The number of nitrogens with two attached hydrogens (primary N) is 1. The molecule has 20 heteroatoms. The van der Waals surface area contributed by atoms with Gasteiger partial charge >= 0.3 is 18.3 Å². The van der Waals surface area contributed by atoms with Crippen molar-refractivity contribution in [2.45, 2.75) is 12.4 Å². The van der Waals surface area contributed by atoms with E-state index < -0.39 is 35.9 Å². The summed E-state index contributed by atoms with van der Waals surface area (Å²) in [5, 5.41) is 16.5. The summed E-state index contributed by atoms with van der Waals surface area (Å²) < 4.78 is 85.6. The molecule has 0 spiro atoms. The molecule has 0 aliphatic heterocycles. The Kier molecular flexibility index (Phi) is 8.20. The van der Waals surface area contributed by atoms with Crippen molar-refractivity contribution in [1.29, 1.82) is 0 Å². The molecule has 3 N–H and O–H groups in total. The Hall–Kier alpha value is -5.30. The zero-order valence-electron chi connectivity index (χ0n) is 20.0. The average molecular weight is 575 g/mol. The van der Waals surface area contributed by atoms with E-state index in [2.05, 4.69) is 30.1 Å². The predicted molar refractivity (Wildman–Crippen MR) is 117 cm³/mol. The molecule has 14 nitrogen and oxygen atoms in total. The normalized spacial score (nSPS) is 11.4. The van der Waals surface area contributed by atoms with Gasteiger partial charge in [0.15, 0.2) is 0 Å². The number of hydrogen-bond acceptors (Lipinski definition) is 10. The van der Waals surface area contributed by atoms with Gasteiger partial charge in [0.1, 0.15) is 22.5 Å². The molecule has 1 amide bonds. The van der Waals surface area contributed by atoms with Crippen LogP contribution in [0.4, 0.5) is 26.3 Å². The third-order valence-corrected chi connectivity index (χ3v) is 4.56. The van der Waals surface area contributed by atoms with Gasteiger partial charge in [-0.25, -0.2) is 34.1 Å². The Morgan fingerprint density at radius 3 is 1.35 bits per heavy atom. The molecule has 0 bridgehead atoms. The van der Waals surface area contributed by atoms with E-state index in [1.807, 2.05) is 0 Å². The third kappa shape index (κ3) is 6.57. The summed E-state index contributed by atoms with van der Waals surface area (Å²) in [5.74, 6) is -4.83. The lowest BCUT2D eigenvalue weighted by Crippen LogP contribution is -2.11. The van der Waals surface area contributed by atoms with Crippen LogP contribution in [0.5, 0.6) is 11.8 Å². The number of hydrogen-bond donors (Lipinski definition) is 2. The first-order valence-corrected chi connectivity index (χ1v) is 10.2. The second kappa shape index (κ2) is 11.2. The van der Waals surface area contributed by atoms with Crippen LogP contribution in [-0.2, 0) is 12.4 Å². The number of aromatic nitrogens is 8. The summed E-state index contributed by atoms with van der Waals surface area (Å²) >= 11 is 0. The molecular formula is C20H15F6N9O5. The van der Waals surface area contributed by atoms with Crippen molar-refractivity contribution in [2.75, 3.05) is 14.2 Å². The molecule has 0 fully saturated rings. The number of carboxylic acid groups (broad SMARTS) is 1. The number of carbonyl (C=O) groups excluding carboxylic acids is 1. The number of amides is 1. The summed E-state index contributed by atoms with van der Waals surface area (Å²) in [6.07, 6.45) is -3.35. The van der Waals surface area contributed by atoms with Crippen molar-refractivity contribution in [1.82, 2.24) is 39.5 Å². The number of carboxylic acids is 1. The zero-order chi connectivity index (χ0) is 29.8. The molecule has 4 aromatic rings. The number of aromatic carboxylic acids is 1. The number of methoxy groups -OCH3 is 2. The summed E-state index contributed by atoms with van der Waals surface area (Å²) in [6, 6.07) is 0.